The van der Waals surface area contributed by atoms with Gasteiger partial charge in [0.2, 0.25) is 0 Å². The second kappa shape index (κ2) is 9.07. The summed E-state index contributed by atoms with van der Waals surface area (Å²) in [7, 11) is 3.56. The number of aromatic nitrogens is 2. The van der Waals surface area contributed by atoms with Crippen molar-refractivity contribution in [2.24, 2.45) is 7.05 Å². The summed E-state index contributed by atoms with van der Waals surface area (Å²) in [5, 5.41) is 17.4. The van der Waals surface area contributed by atoms with Crippen molar-refractivity contribution in [3.8, 4) is 0 Å². The van der Waals surface area contributed by atoms with Gasteiger partial charge >= 0.3 is 0 Å². The number of nitrogens with one attached hydrogen (secondary N) is 1. The summed E-state index contributed by atoms with van der Waals surface area (Å²) in [5.74, 6) is 0. The summed E-state index contributed by atoms with van der Waals surface area (Å²) in [5.41, 5.74) is 2.27. The number of aliphatic hydroxyl groups excluding tert-OH is 1. The van der Waals surface area contributed by atoms with E-state index in [9.17, 15) is 5.11 Å². The van der Waals surface area contributed by atoms with Gasteiger partial charge in [0, 0.05) is 39.0 Å². The number of hydrogen-bond acceptors (Lipinski definition) is 5. The fourth-order valence-electron chi connectivity index (χ4n) is 2.02. The van der Waals surface area contributed by atoms with Crippen molar-refractivity contribution in [1.82, 2.24) is 15.1 Å². The molecule has 20 heavy (non-hydrogen) atoms. The van der Waals surface area contributed by atoms with Crippen molar-refractivity contribution in [2.45, 2.75) is 39.0 Å². The molecule has 2 N–H and O–H groups in total. The number of nitrogens with zero attached hydrogens (tertiary/aromatic N) is 2. The molecule has 0 saturated carbocycles. The Morgan fingerprint density at radius 3 is 2.85 bits per heavy atom. The highest BCUT2D eigenvalue weighted by molar-refractivity contribution is 5.16. The van der Waals surface area contributed by atoms with Crippen molar-refractivity contribution in [3.05, 3.63) is 17.5 Å². The molecule has 1 rings (SSSR count). The highest BCUT2D eigenvalue weighted by atomic mass is 16.5. The minimum atomic E-state index is -0.518. The van der Waals surface area contributed by atoms with Gasteiger partial charge in [0.15, 0.2) is 0 Å². The molecule has 0 fully saturated rings. The van der Waals surface area contributed by atoms with Crippen LogP contribution in [0.2, 0.25) is 0 Å². The van der Waals surface area contributed by atoms with Gasteiger partial charge in [-0.05, 0) is 13.3 Å². The molecule has 0 saturated heterocycles. The van der Waals surface area contributed by atoms with E-state index in [1.807, 2.05) is 24.9 Å². The van der Waals surface area contributed by atoms with Crippen molar-refractivity contribution in [2.75, 3.05) is 26.9 Å². The second-order valence-corrected chi connectivity index (χ2v) is 5.01. The van der Waals surface area contributed by atoms with Crippen LogP contribution in [-0.4, -0.2) is 54.0 Å². The standard InChI is InChI=1S/C14H27N3O3/c1-5-14-12(8-17(3)16-14)6-15-7-13(18)10-20-11(2)9-19-4/h8,11,13,15,18H,5-7,9-10H2,1-4H3. The maximum absolute atomic E-state index is 9.83. The molecule has 0 aliphatic rings. The third-order valence-electron chi connectivity index (χ3n) is 3.00. The molecule has 0 bridgehead atoms. The van der Waals surface area contributed by atoms with E-state index < -0.39 is 6.10 Å². The summed E-state index contributed by atoms with van der Waals surface area (Å²) < 4.78 is 12.3. The first-order valence-electron chi connectivity index (χ1n) is 7.07. The van der Waals surface area contributed by atoms with Crippen molar-refractivity contribution < 1.29 is 14.6 Å². The largest absolute Gasteiger partial charge is 0.389 e. The fraction of sp³-hybridized carbons (Fsp3) is 0.786. The van der Waals surface area contributed by atoms with Gasteiger partial charge < -0.3 is 19.9 Å². The molecular formula is C14H27N3O3. The van der Waals surface area contributed by atoms with E-state index in [-0.39, 0.29) is 6.10 Å². The molecule has 0 aliphatic carbocycles. The van der Waals surface area contributed by atoms with E-state index in [1.165, 1.54) is 5.56 Å². The number of hydrogen-bond donors (Lipinski definition) is 2. The van der Waals surface area contributed by atoms with E-state index >= 15 is 0 Å². The predicted octanol–water partition coefficient (Wildman–Crippen LogP) is 0.485. The Kier molecular flexibility index (Phi) is 7.76. The van der Waals surface area contributed by atoms with E-state index in [1.54, 1.807) is 7.11 Å². The van der Waals surface area contributed by atoms with Crippen LogP contribution >= 0.6 is 0 Å². The van der Waals surface area contributed by atoms with Crippen molar-refractivity contribution in [3.63, 3.8) is 0 Å². The van der Waals surface area contributed by atoms with Gasteiger partial charge in [0.05, 0.1) is 31.1 Å². The molecule has 0 radical (unpaired) electrons. The number of methoxy groups -OCH3 is 1. The van der Waals surface area contributed by atoms with Crippen LogP contribution in [0.1, 0.15) is 25.1 Å². The molecule has 6 heteroatoms. The summed E-state index contributed by atoms with van der Waals surface area (Å²) in [6, 6.07) is 0. The number of aliphatic hydroxyl groups is 1. The molecule has 2 unspecified atom stereocenters. The minimum Gasteiger partial charge on any atom is -0.389 e. The fourth-order valence-corrected chi connectivity index (χ4v) is 2.02. The van der Waals surface area contributed by atoms with E-state index in [0.29, 0.717) is 26.3 Å². The molecule has 0 amide bonds. The van der Waals surface area contributed by atoms with Crippen LogP contribution in [0, 0.1) is 0 Å². The first-order chi connectivity index (χ1) is 9.56. The third kappa shape index (κ3) is 6.00. The molecule has 0 aliphatic heterocycles. The monoisotopic (exact) mass is 285 g/mol. The average Bonchev–Trinajstić information content (AvgIpc) is 2.77. The van der Waals surface area contributed by atoms with Gasteiger partial charge in [-0.15, -0.1) is 0 Å². The summed E-state index contributed by atoms with van der Waals surface area (Å²) in [6.45, 7) is 6.07. The van der Waals surface area contributed by atoms with Gasteiger partial charge in [0.25, 0.3) is 0 Å². The van der Waals surface area contributed by atoms with Crippen LogP contribution in [0.4, 0.5) is 0 Å². The molecule has 0 aromatic carbocycles. The van der Waals surface area contributed by atoms with Crippen LogP contribution in [-0.2, 0) is 29.5 Å². The molecule has 6 nitrogen and oxygen atoms in total. The van der Waals surface area contributed by atoms with E-state index in [2.05, 4.69) is 17.3 Å². The zero-order valence-electron chi connectivity index (χ0n) is 12.9. The third-order valence-corrected chi connectivity index (χ3v) is 3.00. The molecular weight excluding hydrogens is 258 g/mol. The van der Waals surface area contributed by atoms with Crippen molar-refractivity contribution in [1.29, 1.82) is 0 Å². The van der Waals surface area contributed by atoms with Crippen LogP contribution in [0.5, 0.6) is 0 Å². The first kappa shape index (κ1) is 17.1. The Hall–Kier alpha value is -0.950. The molecule has 1 heterocycles. The lowest BCUT2D eigenvalue weighted by molar-refractivity contribution is -0.0311. The zero-order valence-corrected chi connectivity index (χ0v) is 12.9. The van der Waals surface area contributed by atoms with Crippen LogP contribution in [0.25, 0.3) is 0 Å². The summed E-state index contributed by atoms with van der Waals surface area (Å²) in [4.78, 5) is 0. The Morgan fingerprint density at radius 2 is 2.20 bits per heavy atom. The Balaban J connectivity index is 2.22. The number of aryl methyl sites for hydroxylation is 2. The van der Waals surface area contributed by atoms with Gasteiger partial charge in [-0.1, -0.05) is 6.92 Å². The molecule has 0 spiro atoms. The first-order valence-corrected chi connectivity index (χ1v) is 7.07. The second-order valence-electron chi connectivity index (χ2n) is 5.01. The maximum atomic E-state index is 9.83. The number of ether oxygens (including phenoxy) is 2. The maximum Gasteiger partial charge on any atom is 0.0897 e. The number of rotatable bonds is 10. The van der Waals surface area contributed by atoms with Gasteiger partial charge in [0.1, 0.15) is 0 Å². The van der Waals surface area contributed by atoms with Gasteiger partial charge in [-0.3, -0.25) is 4.68 Å². The average molecular weight is 285 g/mol. The van der Waals surface area contributed by atoms with Crippen LogP contribution in [0.3, 0.4) is 0 Å². The quantitative estimate of drug-likeness (QED) is 0.654. The normalized spacial score (nSPS) is 14.4. The molecule has 2 atom stereocenters. The van der Waals surface area contributed by atoms with Crippen molar-refractivity contribution >= 4 is 0 Å². The van der Waals surface area contributed by atoms with Gasteiger partial charge in [-0.2, -0.15) is 5.10 Å². The minimum absolute atomic E-state index is 0.000308. The lowest BCUT2D eigenvalue weighted by atomic mass is 10.2. The lowest BCUT2D eigenvalue weighted by Crippen LogP contribution is -2.32. The molecule has 116 valence electrons. The Labute approximate surface area is 121 Å². The smallest absolute Gasteiger partial charge is 0.0897 e. The van der Waals surface area contributed by atoms with Crippen LogP contribution in [0.15, 0.2) is 6.20 Å². The molecule has 1 aromatic heterocycles. The lowest BCUT2D eigenvalue weighted by Gasteiger charge is -2.16. The Morgan fingerprint density at radius 1 is 1.45 bits per heavy atom. The van der Waals surface area contributed by atoms with Crippen LogP contribution < -0.4 is 5.32 Å². The summed E-state index contributed by atoms with van der Waals surface area (Å²) >= 11 is 0. The topological polar surface area (TPSA) is 68.5 Å². The molecule has 1 aromatic rings. The van der Waals surface area contributed by atoms with E-state index in [4.69, 9.17) is 9.47 Å². The SMILES string of the molecule is CCc1nn(C)cc1CNCC(O)COC(C)COC. The zero-order chi connectivity index (χ0) is 15.0. The van der Waals surface area contributed by atoms with E-state index in [0.717, 1.165) is 12.1 Å². The Bertz CT molecular complexity index is 382. The highest BCUT2D eigenvalue weighted by Gasteiger charge is 2.09. The highest BCUT2D eigenvalue weighted by Crippen LogP contribution is 2.06. The predicted molar refractivity (Wildman–Crippen MR) is 77.6 cm³/mol. The van der Waals surface area contributed by atoms with Gasteiger partial charge in [-0.25, -0.2) is 0 Å². The summed E-state index contributed by atoms with van der Waals surface area (Å²) in [6.07, 6.45) is 2.41.